The zero-order chi connectivity index (χ0) is 15.6. The molecule has 6 heteroatoms. The Morgan fingerprint density at radius 3 is 2.78 bits per heavy atom. The van der Waals surface area contributed by atoms with E-state index in [2.05, 4.69) is 63.5 Å². The summed E-state index contributed by atoms with van der Waals surface area (Å²) in [5.74, 6) is 2.26. The van der Waals surface area contributed by atoms with Crippen LogP contribution in [-0.2, 0) is 0 Å². The number of guanidine groups is 1. The van der Waals surface area contributed by atoms with Crippen molar-refractivity contribution in [2.75, 3.05) is 44.3 Å². The zero-order valence-electron chi connectivity index (χ0n) is 14.1. The van der Waals surface area contributed by atoms with Crippen molar-refractivity contribution in [1.82, 2.24) is 10.2 Å². The number of nitrogens with one attached hydrogen (secondary N) is 2. The van der Waals surface area contributed by atoms with E-state index in [-0.39, 0.29) is 24.0 Å². The summed E-state index contributed by atoms with van der Waals surface area (Å²) >= 11 is 2.09. The first-order chi connectivity index (χ1) is 10.8. The molecule has 2 rings (SSSR count). The molecule has 130 valence electrons. The van der Waals surface area contributed by atoms with Gasteiger partial charge in [0.1, 0.15) is 0 Å². The number of para-hydroxylation sites is 1. The fourth-order valence-electron chi connectivity index (χ4n) is 2.57. The summed E-state index contributed by atoms with van der Waals surface area (Å²) < 4.78 is 0. The lowest BCUT2D eigenvalue weighted by Crippen LogP contribution is -2.48. The SMILES string of the molecule is CCC1CN(C(=NC)NCCCNc2ccccc2)CCS1.I. The molecule has 0 aliphatic carbocycles. The van der Waals surface area contributed by atoms with Crippen LogP contribution in [0.5, 0.6) is 0 Å². The molecule has 0 radical (unpaired) electrons. The van der Waals surface area contributed by atoms with E-state index in [1.165, 1.54) is 17.9 Å². The molecule has 4 nitrogen and oxygen atoms in total. The van der Waals surface area contributed by atoms with Crippen molar-refractivity contribution in [3.8, 4) is 0 Å². The van der Waals surface area contributed by atoms with Gasteiger partial charge in [-0.3, -0.25) is 4.99 Å². The molecule has 1 atom stereocenters. The minimum Gasteiger partial charge on any atom is -0.385 e. The Morgan fingerprint density at radius 1 is 1.30 bits per heavy atom. The zero-order valence-corrected chi connectivity index (χ0v) is 17.3. The highest BCUT2D eigenvalue weighted by atomic mass is 127. The number of thioether (sulfide) groups is 1. The third-order valence-electron chi connectivity index (χ3n) is 3.85. The van der Waals surface area contributed by atoms with Gasteiger partial charge in [-0.1, -0.05) is 25.1 Å². The maximum Gasteiger partial charge on any atom is 0.193 e. The predicted molar refractivity (Wildman–Crippen MR) is 114 cm³/mol. The monoisotopic (exact) mass is 448 g/mol. The number of benzene rings is 1. The lowest BCUT2D eigenvalue weighted by molar-refractivity contribution is 0.408. The summed E-state index contributed by atoms with van der Waals surface area (Å²) in [6, 6.07) is 10.4. The maximum atomic E-state index is 4.44. The van der Waals surface area contributed by atoms with Gasteiger partial charge in [-0.25, -0.2) is 0 Å². The molecule has 0 bridgehead atoms. The third-order valence-corrected chi connectivity index (χ3v) is 5.22. The predicted octanol–water partition coefficient (Wildman–Crippen LogP) is 3.51. The van der Waals surface area contributed by atoms with E-state index in [9.17, 15) is 0 Å². The van der Waals surface area contributed by atoms with Crippen LogP contribution in [0.1, 0.15) is 19.8 Å². The maximum absolute atomic E-state index is 4.44. The molecule has 1 aliphatic heterocycles. The number of rotatable bonds is 6. The van der Waals surface area contributed by atoms with Crippen LogP contribution in [0.25, 0.3) is 0 Å². The Kier molecular flexibility index (Phi) is 10.5. The third kappa shape index (κ3) is 7.20. The highest BCUT2D eigenvalue weighted by Crippen LogP contribution is 2.20. The molecule has 1 aliphatic rings. The van der Waals surface area contributed by atoms with E-state index in [0.29, 0.717) is 0 Å². The van der Waals surface area contributed by atoms with E-state index in [4.69, 9.17) is 0 Å². The molecular weight excluding hydrogens is 419 g/mol. The Labute approximate surface area is 161 Å². The number of nitrogens with zero attached hydrogens (tertiary/aromatic N) is 2. The summed E-state index contributed by atoms with van der Waals surface area (Å²) in [6.07, 6.45) is 2.31. The van der Waals surface area contributed by atoms with E-state index >= 15 is 0 Å². The van der Waals surface area contributed by atoms with E-state index in [1.54, 1.807) is 0 Å². The summed E-state index contributed by atoms with van der Waals surface area (Å²) in [4.78, 5) is 6.84. The second-order valence-corrected chi connectivity index (χ2v) is 6.88. The van der Waals surface area contributed by atoms with Crippen molar-refractivity contribution in [3.63, 3.8) is 0 Å². The van der Waals surface area contributed by atoms with Gasteiger partial charge in [0.25, 0.3) is 0 Å². The number of aliphatic imine (C=N–C) groups is 1. The van der Waals surface area contributed by atoms with Gasteiger partial charge in [0, 0.05) is 49.9 Å². The molecule has 2 N–H and O–H groups in total. The fourth-order valence-corrected chi connectivity index (χ4v) is 3.75. The van der Waals surface area contributed by atoms with Gasteiger partial charge in [0.15, 0.2) is 5.96 Å². The Balaban J connectivity index is 0.00000264. The van der Waals surface area contributed by atoms with Crippen LogP contribution in [0.3, 0.4) is 0 Å². The molecule has 1 aromatic rings. The molecule has 1 heterocycles. The quantitative estimate of drug-likeness (QED) is 0.303. The minimum absolute atomic E-state index is 0. The first-order valence-corrected chi connectivity index (χ1v) is 9.24. The van der Waals surface area contributed by atoms with Crippen molar-refractivity contribution in [1.29, 1.82) is 0 Å². The van der Waals surface area contributed by atoms with Gasteiger partial charge in [0.05, 0.1) is 0 Å². The smallest absolute Gasteiger partial charge is 0.193 e. The molecular formula is C17H29IN4S. The van der Waals surface area contributed by atoms with Crippen LogP contribution in [0.2, 0.25) is 0 Å². The van der Waals surface area contributed by atoms with Crippen LogP contribution in [-0.4, -0.2) is 55.1 Å². The molecule has 23 heavy (non-hydrogen) atoms. The molecule has 1 aromatic carbocycles. The number of anilines is 1. The first kappa shape index (κ1) is 20.4. The van der Waals surface area contributed by atoms with Gasteiger partial charge < -0.3 is 15.5 Å². The van der Waals surface area contributed by atoms with Crippen LogP contribution >= 0.6 is 35.7 Å². The van der Waals surface area contributed by atoms with Gasteiger partial charge in [-0.15, -0.1) is 24.0 Å². The number of halogens is 1. The van der Waals surface area contributed by atoms with Crippen LogP contribution in [0.15, 0.2) is 35.3 Å². The molecule has 1 saturated heterocycles. The average Bonchev–Trinajstić information content (AvgIpc) is 2.59. The normalized spacial score (nSPS) is 18.3. The van der Waals surface area contributed by atoms with Gasteiger partial charge >= 0.3 is 0 Å². The minimum atomic E-state index is 0. The van der Waals surface area contributed by atoms with Crippen molar-refractivity contribution in [3.05, 3.63) is 30.3 Å². The second kappa shape index (κ2) is 11.8. The van der Waals surface area contributed by atoms with Crippen LogP contribution in [0, 0.1) is 0 Å². The molecule has 0 amide bonds. The van der Waals surface area contributed by atoms with Crippen molar-refractivity contribution < 1.29 is 0 Å². The topological polar surface area (TPSA) is 39.7 Å². The Morgan fingerprint density at radius 2 is 2.09 bits per heavy atom. The Bertz CT molecular complexity index is 455. The summed E-state index contributed by atoms with van der Waals surface area (Å²) in [5.41, 5.74) is 1.19. The van der Waals surface area contributed by atoms with Crippen molar-refractivity contribution >= 4 is 47.4 Å². The van der Waals surface area contributed by atoms with Crippen molar-refractivity contribution in [2.45, 2.75) is 25.0 Å². The largest absolute Gasteiger partial charge is 0.385 e. The number of hydrogen-bond acceptors (Lipinski definition) is 3. The van der Waals surface area contributed by atoms with E-state index in [0.717, 1.165) is 43.8 Å². The summed E-state index contributed by atoms with van der Waals surface area (Å²) in [5, 5.41) is 7.67. The standard InChI is InChI=1S/C17H28N4S.HI/c1-3-16-14-21(12-13-22-16)17(18-2)20-11-7-10-19-15-8-5-4-6-9-15;/h4-6,8-9,16,19H,3,7,10-14H2,1-2H3,(H,18,20);1H. The fraction of sp³-hybridized carbons (Fsp3) is 0.588. The van der Waals surface area contributed by atoms with E-state index in [1.807, 2.05) is 13.1 Å². The van der Waals surface area contributed by atoms with Crippen LogP contribution in [0.4, 0.5) is 5.69 Å². The molecule has 0 aromatic heterocycles. The highest BCUT2D eigenvalue weighted by Gasteiger charge is 2.21. The second-order valence-electron chi connectivity index (χ2n) is 5.47. The van der Waals surface area contributed by atoms with E-state index < -0.39 is 0 Å². The van der Waals surface area contributed by atoms with Crippen LogP contribution < -0.4 is 10.6 Å². The Hall–Kier alpha value is -0.630. The summed E-state index contributed by atoms with van der Waals surface area (Å²) in [7, 11) is 1.88. The average molecular weight is 448 g/mol. The van der Waals surface area contributed by atoms with Gasteiger partial charge in [-0.2, -0.15) is 11.8 Å². The molecule has 0 spiro atoms. The first-order valence-electron chi connectivity index (χ1n) is 8.19. The van der Waals surface area contributed by atoms with Gasteiger partial charge in [-0.05, 0) is 25.0 Å². The lowest BCUT2D eigenvalue weighted by Gasteiger charge is -2.34. The molecule has 0 saturated carbocycles. The lowest BCUT2D eigenvalue weighted by atomic mass is 10.3. The van der Waals surface area contributed by atoms with Gasteiger partial charge in [0.2, 0.25) is 0 Å². The highest BCUT2D eigenvalue weighted by molar-refractivity contribution is 14.0. The number of hydrogen-bond donors (Lipinski definition) is 2. The molecule has 1 fully saturated rings. The molecule has 1 unspecified atom stereocenters. The summed E-state index contributed by atoms with van der Waals surface area (Å²) in [6.45, 7) is 6.41. The van der Waals surface area contributed by atoms with Crippen molar-refractivity contribution in [2.24, 2.45) is 4.99 Å².